The van der Waals surface area contributed by atoms with Gasteiger partial charge in [0, 0.05) is 20.2 Å². The lowest BCUT2D eigenvalue weighted by atomic mass is 10.2. The van der Waals surface area contributed by atoms with E-state index in [0.29, 0.717) is 25.3 Å². The zero-order chi connectivity index (χ0) is 12.7. The quantitative estimate of drug-likeness (QED) is 0.803. The minimum absolute atomic E-state index is 0.467. The Morgan fingerprint density at radius 2 is 2.29 bits per heavy atom. The third-order valence-electron chi connectivity index (χ3n) is 2.43. The molecule has 1 aromatic rings. The predicted molar refractivity (Wildman–Crippen MR) is 67.7 cm³/mol. The molecule has 0 radical (unpaired) electrons. The zero-order valence-electron chi connectivity index (χ0n) is 10.3. The third-order valence-corrected chi connectivity index (χ3v) is 2.43. The summed E-state index contributed by atoms with van der Waals surface area (Å²) in [6.45, 7) is 3.94. The first kappa shape index (κ1) is 13.3. The monoisotopic (exact) mass is 234 g/mol. The van der Waals surface area contributed by atoms with Gasteiger partial charge in [-0.05, 0) is 18.6 Å². The Labute approximate surface area is 102 Å². The normalized spacial score (nSPS) is 9.94. The van der Waals surface area contributed by atoms with Gasteiger partial charge in [0.25, 0.3) is 0 Å². The summed E-state index contributed by atoms with van der Waals surface area (Å²) in [7, 11) is 1.66. The zero-order valence-corrected chi connectivity index (χ0v) is 10.3. The maximum Gasteiger partial charge on any atom is 0.131 e. The first-order valence-electron chi connectivity index (χ1n) is 5.52. The first-order valence-corrected chi connectivity index (χ1v) is 5.52. The van der Waals surface area contributed by atoms with E-state index in [1.807, 2.05) is 17.9 Å². The number of nitrogens with two attached hydrogens (primary N) is 1. The summed E-state index contributed by atoms with van der Waals surface area (Å²) in [4.78, 5) is 6.36. The Morgan fingerprint density at radius 1 is 1.53 bits per heavy atom. The molecular weight excluding hydrogens is 216 g/mol. The highest BCUT2D eigenvalue weighted by Crippen LogP contribution is 2.18. The molecule has 0 aliphatic carbocycles. The van der Waals surface area contributed by atoms with Crippen LogP contribution in [-0.4, -0.2) is 31.8 Å². The topological polar surface area (TPSA) is 75.2 Å². The second-order valence-electron chi connectivity index (χ2n) is 3.80. The number of hydrogen-bond acceptors (Lipinski definition) is 5. The van der Waals surface area contributed by atoms with Crippen LogP contribution in [0, 0.1) is 18.3 Å². The third kappa shape index (κ3) is 3.93. The second kappa shape index (κ2) is 6.71. The molecule has 0 spiro atoms. The van der Waals surface area contributed by atoms with Crippen LogP contribution in [0.4, 0.5) is 11.5 Å². The molecule has 0 amide bonds. The molecule has 0 atom stereocenters. The summed E-state index contributed by atoms with van der Waals surface area (Å²) in [6, 6.07) is 4.02. The van der Waals surface area contributed by atoms with Gasteiger partial charge < -0.3 is 15.4 Å². The largest absolute Gasteiger partial charge is 0.397 e. The number of nitriles is 1. The molecule has 0 bridgehead atoms. The molecule has 0 fully saturated rings. The van der Waals surface area contributed by atoms with Crippen LogP contribution in [0.1, 0.15) is 12.0 Å². The smallest absolute Gasteiger partial charge is 0.131 e. The first-order chi connectivity index (χ1) is 8.19. The van der Waals surface area contributed by atoms with Gasteiger partial charge in [-0.2, -0.15) is 5.26 Å². The van der Waals surface area contributed by atoms with Crippen molar-refractivity contribution >= 4 is 11.5 Å². The molecule has 92 valence electrons. The summed E-state index contributed by atoms with van der Waals surface area (Å²) >= 11 is 0. The van der Waals surface area contributed by atoms with E-state index >= 15 is 0 Å². The lowest BCUT2D eigenvalue weighted by molar-refractivity contribution is 0.205. The van der Waals surface area contributed by atoms with E-state index < -0.39 is 0 Å². The maximum absolute atomic E-state index is 8.65. The molecule has 17 heavy (non-hydrogen) atoms. The van der Waals surface area contributed by atoms with Crippen LogP contribution in [0.15, 0.2) is 12.3 Å². The minimum atomic E-state index is 0.467. The highest BCUT2D eigenvalue weighted by molar-refractivity contribution is 5.52. The molecule has 0 saturated carbocycles. The summed E-state index contributed by atoms with van der Waals surface area (Å²) in [6.07, 6.45) is 2.10. The summed E-state index contributed by atoms with van der Waals surface area (Å²) in [5.74, 6) is 0.867. The number of pyridine rings is 1. The van der Waals surface area contributed by atoms with Crippen LogP contribution in [0.2, 0.25) is 0 Å². The molecule has 0 unspecified atom stereocenters. The number of aromatic nitrogens is 1. The Balaban J connectivity index is 2.83. The molecular formula is C12H18N4O. The molecule has 5 nitrogen and oxygen atoms in total. The van der Waals surface area contributed by atoms with Gasteiger partial charge in [-0.1, -0.05) is 0 Å². The van der Waals surface area contributed by atoms with Crippen LogP contribution in [0.25, 0.3) is 0 Å². The fraction of sp³-hybridized carbons (Fsp3) is 0.500. The van der Waals surface area contributed by atoms with Crippen molar-refractivity contribution in [1.82, 2.24) is 4.98 Å². The van der Waals surface area contributed by atoms with Gasteiger partial charge in [0.2, 0.25) is 0 Å². The van der Waals surface area contributed by atoms with Gasteiger partial charge in [-0.3, -0.25) is 0 Å². The molecule has 1 aromatic heterocycles. The summed E-state index contributed by atoms with van der Waals surface area (Å²) in [5, 5.41) is 8.65. The van der Waals surface area contributed by atoms with E-state index in [0.717, 1.165) is 17.9 Å². The summed E-state index contributed by atoms with van der Waals surface area (Å²) < 4.78 is 5.06. The van der Waals surface area contributed by atoms with Crippen LogP contribution in [0.3, 0.4) is 0 Å². The standard InChI is InChI=1S/C12H18N4O/c1-10-8-11(14)9-15-12(10)16(5-3-4-13)6-7-17-2/h8-9H,3,5-7,14H2,1-2H3. The average Bonchev–Trinajstić information content (AvgIpc) is 2.30. The highest BCUT2D eigenvalue weighted by Gasteiger charge is 2.10. The van der Waals surface area contributed by atoms with E-state index in [1.165, 1.54) is 0 Å². The molecule has 0 aliphatic heterocycles. The van der Waals surface area contributed by atoms with Gasteiger partial charge in [0.05, 0.1) is 31.0 Å². The van der Waals surface area contributed by atoms with Crippen LogP contribution in [0.5, 0.6) is 0 Å². The van der Waals surface area contributed by atoms with E-state index in [-0.39, 0.29) is 0 Å². The Kier molecular flexibility index (Phi) is 5.24. The lowest BCUT2D eigenvalue weighted by Gasteiger charge is -2.24. The van der Waals surface area contributed by atoms with Crippen LogP contribution in [-0.2, 0) is 4.74 Å². The fourth-order valence-electron chi connectivity index (χ4n) is 1.63. The average molecular weight is 234 g/mol. The van der Waals surface area contributed by atoms with E-state index in [2.05, 4.69) is 11.1 Å². The molecule has 1 heterocycles. The second-order valence-corrected chi connectivity index (χ2v) is 3.80. The van der Waals surface area contributed by atoms with Crippen LogP contribution >= 0.6 is 0 Å². The van der Waals surface area contributed by atoms with Crippen molar-refractivity contribution in [3.8, 4) is 6.07 Å². The van der Waals surface area contributed by atoms with Crippen molar-refractivity contribution in [1.29, 1.82) is 5.26 Å². The number of anilines is 2. The SMILES string of the molecule is COCCN(CCC#N)c1ncc(N)cc1C. The van der Waals surface area contributed by atoms with E-state index in [9.17, 15) is 0 Å². The predicted octanol–water partition coefficient (Wildman–Crippen LogP) is 1.34. The van der Waals surface area contributed by atoms with Gasteiger partial charge >= 0.3 is 0 Å². The number of methoxy groups -OCH3 is 1. The number of nitrogens with zero attached hydrogens (tertiary/aromatic N) is 3. The molecule has 0 aromatic carbocycles. The van der Waals surface area contributed by atoms with Crippen molar-refractivity contribution in [2.45, 2.75) is 13.3 Å². The van der Waals surface area contributed by atoms with Gasteiger partial charge in [0.15, 0.2) is 0 Å². The highest BCUT2D eigenvalue weighted by atomic mass is 16.5. The minimum Gasteiger partial charge on any atom is -0.397 e. The van der Waals surface area contributed by atoms with Crippen molar-refractivity contribution in [2.24, 2.45) is 0 Å². The Hall–Kier alpha value is -1.80. The van der Waals surface area contributed by atoms with Crippen molar-refractivity contribution < 1.29 is 4.74 Å². The van der Waals surface area contributed by atoms with Crippen LogP contribution < -0.4 is 10.6 Å². The number of nitrogen functional groups attached to an aromatic ring is 1. The van der Waals surface area contributed by atoms with Gasteiger partial charge in [-0.15, -0.1) is 0 Å². The van der Waals surface area contributed by atoms with Crippen molar-refractivity contribution in [3.05, 3.63) is 17.8 Å². The Bertz CT molecular complexity index is 400. The number of hydrogen-bond donors (Lipinski definition) is 1. The number of rotatable bonds is 6. The molecule has 1 rings (SSSR count). The summed E-state index contributed by atoms with van der Waals surface area (Å²) in [5.41, 5.74) is 7.33. The molecule has 2 N–H and O–H groups in total. The van der Waals surface area contributed by atoms with E-state index in [4.69, 9.17) is 15.7 Å². The van der Waals surface area contributed by atoms with Crippen molar-refractivity contribution in [2.75, 3.05) is 37.4 Å². The fourth-order valence-corrected chi connectivity index (χ4v) is 1.63. The molecule has 0 saturated heterocycles. The number of ether oxygens (including phenoxy) is 1. The van der Waals surface area contributed by atoms with Crippen molar-refractivity contribution in [3.63, 3.8) is 0 Å². The van der Waals surface area contributed by atoms with Gasteiger partial charge in [-0.25, -0.2) is 4.98 Å². The lowest BCUT2D eigenvalue weighted by Crippen LogP contribution is -2.29. The van der Waals surface area contributed by atoms with E-state index in [1.54, 1.807) is 13.3 Å². The molecule has 5 heteroatoms. The number of aryl methyl sites for hydroxylation is 1. The Morgan fingerprint density at radius 3 is 2.88 bits per heavy atom. The maximum atomic E-state index is 8.65. The van der Waals surface area contributed by atoms with Gasteiger partial charge in [0.1, 0.15) is 5.82 Å². The molecule has 0 aliphatic rings.